The van der Waals surface area contributed by atoms with Crippen LogP contribution in [0.3, 0.4) is 0 Å². The molecule has 0 amide bonds. The number of hydrogen-bond acceptors (Lipinski definition) is 1. The minimum absolute atomic E-state index is 0. The minimum Gasteiger partial charge on any atom is -0.303 e. The van der Waals surface area contributed by atoms with Gasteiger partial charge >= 0.3 is 23.1 Å². The Morgan fingerprint density at radius 1 is 0.550 bits per heavy atom. The van der Waals surface area contributed by atoms with Crippen molar-refractivity contribution in [2.45, 2.75) is 110 Å². The zero-order valence-electron chi connectivity index (χ0n) is 13.3. The Hall–Kier alpha value is 0.436. The number of carbonyl (C=O) groups excluding carboxylic acids is 1. The molecule has 118 valence electrons. The summed E-state index contributed by atoms with van der Waals surface area (Å²) in [6, 6.07) is 0. The van der Waals surface area contributed by atoms with E-state index < -0.39 is 0 Å². The summed E-state index contributed by atoms with van der Waals surface area (Å²) in [5, 5.41) is 0. The highest BCUT2D eigenvalue weighted by Crippen LogP contribution is 2.13. The summed E-state index contributed by atoms with van der Waals surface area (Å²) in [6.07, 6.45) is 22.6. The third-order valence-electron chi connectivity index (χ3n) is 3.93. The first-order valence-corrected chi connectivity index (χ1v) is 8.85. The lowest BCUT2D eigenvalue weighted by atomic mass is 10.0. The highest BCUT2D eigenvalue weighted by Gasteiger charge is 1.94. The molecule has 0 aromatic heterocycles. The lowest BCUT2D eigenvalue weighted by Gasteiger charge is -2.02. The summed E-state index contributed by atoms with van der Waals surface area (Å²) < 4.78 is 0. The quantitative estimate of drug-likeness (QED) is 0.208. The Morgan fingerprint density at radius 3 is 1.15 bits per heavy atom. The topological polar surface area (TPSA) is 17.1 Å². The van der Waals surface area contributed by atoms with Crippen molar-refractivity contribution in [1.82, 2.24) is 0 Å². The molecule has 0 aliphatic heterocycles. The molecule has 0 unspecified atom stereocenters. The number of unbranched alkanes of at least 4 members (excludes halogenated alkanes) is 15. The second-order valence-electron chi connectivity index (χ2n) is 5.91. The molecule has 0 aliphatic rings. The van der Waals surface area contributed by atoms with Crippen LogP contribution in [0.5, 0.6) is 0 Å². The van der Waals surface area contributed by atoms with Gasteiger partial charge in [0.05, 0.1) is 0 Å². The van der Waals surface area contributed by atoms with Gasteiger partial charge < -0.3 is 4.79 Å². The third kappa shape index (κ3) is 20.7. The Morgan fingerprint density at radius 2 is 0.850 bits per heavy atom. The molecule has 0 aromatic rings. The second-order valence-corrected chi connectivity index (χ2v) is 5.91. The van der Waals surface area contributed by atoms with Gasteiger partial charge in [0, 0.05) is 6.42 Å². The monoisotopic (exact) mass is 294 g/mol. The molecule has 0 fully saturated rings. The fourth-order valence-corrected chi connectivity index (χ4v) is 2.60. The van der Waals surface area contributed by atoms with Crippen LogP contribution < -0.4 is 0 Å². The summed E-state index contributed by atoms with van der Waals surface area (Å²) in [4.78, 5) is 10.1. The van der Waals surface area contributed by atoms with E-state index in [-0.39, 0.29) is 23.1 Å². The molecule has 0 spiro atoms. The molecule has 0 saturated carbocycles. The lowest BCUT2D eigenvalue weighted by molar-refractivity contribution is -0.107. The van der Waals surface area contributed by atoms with Gasteiger partial charge in [0.25, 0.3) is 0 Å². The molecule has 0 radical (unpaired) electrons. The lowest BCUT2D eigenvalue weighted by Crippen LogP contribution is -1.83. The Balaban J connectivity index is 0. The van der Waals surface area contributed by atoms with Crippen molar-refractivity contribution in [3.63, 3.8) is 0 Å². The first-order valence-electron chi connectivity index (χ1n) is 8.85. The van der Waals surface area contributed by atoms with Crippen molar-refractivity contribution in [2.75, 3.05) is 0 Å². The summed E-state index contributed by atoms with van der Waals surface area (Å²) in [7, 11) is 0. The maximum Gasteiger partial charge on any atom is 0.316 e. The Labute approximate surface area is 143 Å². The maximum absolute atomic E-state index is 10.1. The van der Waals surface area contributed by atoms with Gasteiger partial charge in [0.2, 0.25) is 0 Å². The average Bonchev–Trinajstić information content (AvgIpc) is 2.43. The highest BCUT2D eigenvalue weighted by molar-refractivity contribution is 5.75. The molecular weight excluding hydrogens is 257 g/mol. The van der Waals surface area contributed by atoms with Crippen LogP contribution in [0.1, 0.15) is 110 Å². The molecule has 0 aliphatic carbocycles. The largest absolute Gasteiger partial charge is 0.316 e. The first kappa shape index (κ1) is 22.7. The van der Waals surface area contributed by atoms with Crippen LogP contribution in [0.2, 0.25) is 0 Å². The summed E-state index contributed by atoms with van der Waals surface area (Å²) in [5.41, 5.74) is 0. The molecule has 0 saturated heterocycles. The summed E-state index contributed by atoms with van der Waals surface area (Å²) in [6.45, 7) is 2.28. The number of rotatable bonds is 16. The van der Waals surface area contributed by atoms with E-state index >= 15 is 0 Å². The van der Waals surface area contributed by atoms with Crippen molar-refractivity contribution in [2.24, 2.45) is 0 Å². The number of hydrogen-bond donors (Lipinski definition) is 0. The smallest absolute Gasteiger partial charge is 0.303 e. The molecule has 0 bridgehead atoms. The van der Waals surface area contributed by atoms with E-state index in [1.54, 1.807) is 0 Å². The fourth-order valence-electron chi connectivity index (χ4n) is 2.60. The van der Waals surface area contributed by atoms with Gasteiger partial charge in [-0.15, -0.1) is 0 Å². The van der Waals surface area contributed by atoms with Crippen LogP contribution in [0.4, 0.5) is 0 Å². The number of carbonyl (C=O) groups is 1. The molecule has 2 heteroatoms. The Kier molecular flexibility index (Phi) is 24.7. The van der Waals surface area contributed by atoms with Gasteiger partial charge in [0.15, 0.2) is 0 Å². The van der Waals surface area contributed by atoms with E-state index in [1.165, 1.54) is 89.9 Å². The second kappa shape index (κ2) is 21.7. The van der Waals surface area contributed by atoms with Crippen LogP contribution in [0.15, 0.2) is 0 Å². The van der Waals surface area contributed by atoms with Crippen LogP contribution in [-0.4, -0.2) is 29.3 Å². The van der Waals surface area contributed by atoms with E-state index in [2.05, 4.69) is 6.92 Å². The van der Waals surface area contributed by atoms with Gasteiger partial charge in [-0.3, -0.25) is 0 Å². The van der Waals surface area contributed by atoms with Crippen molar-refractivity contribution < 1.29 is 4.79 Å². The maximum atomic E-state index is 10.1. The van der Waals surface area contributed by atoms with Crippen molar-refractivity contribution >= 4 is 29.3 Å². The molecule has 0 aromatic carbocycles. The Bertz CT molecular complexity index is 171. The summed E-state index contributed by atoms with van der Waals surface area (Å²) in [5.74, 6) is 0. The van der Waals surface area contributed by atoms with Gasteiger partial charge in [-0.1, -0.05) is 96.8 Å². The van der Waals surface area contributed by atoms with E-state index in [1.807, 2.05) is 0 Å². The first-order chi connectivity index (χ1) is 9.41. The molecular formula is C18H38MgO. The molecule has 20 heavy (non-hydrogen) atoms. The van der Waals surface area contributed by atoms with E-state index in [9.17, 15) is 4.79 Å². The average molecular weight is 295 g/mol. The van der Waals surface area contributed by atoms with Crippen LogP contribution in [0.25, 0.3) is 0 Å². The van der Waals surface area contributed by atoms with E-state index in [0.717, 1.165) is 19.1 Å². The summed E-state index contributed by atoms with van der Waals surface area (Å²) >= 11 is 0. The van der Waals surface area contributed by atoms with Crippen LogP contribution in [-0.2, 0) is 4.79 Å². The number of aldehydes is 1. The fraction of sp³-hybridized carbons (Fsp3) is 0.944. The zero-order chi connectivity index (χ0) is 14.0. The standard InChI is InChI=1S/C18H36O.Mg.2H/c1-2-3-4-5-6-7-8-9-10-11-12-13-14-15-16-17-18-19;;;/h18H,2-17H2,1H3;;;. The normalized spacial score (nSPS) is 10.2. The van der Waals surface area contributed by atoms with Crippen molar-refractivity contribution in [1.29, 1.82) is 0 Å². The third-order valence-corrected chi connectivity index (χ3v) is 3.93. The molecule has 0 atom stereocenters. The predicted octanol–water partition coefficient (Wildman–Crippen LogP) is 5.53. The van der Waals surface area contributed by atoms with Gasteiger partial charge in [0.1, 0.15) is 6.29 Å². The molecule has 1 nitrogen and oxygen atoms in total. The van der Waals surface area contributed by atoms with Crippen molar-refractivity contribution in [3.05, 3.63) is 0 Å². The minimum atomic E-state index is 0. The SMILES string of the molecule is CCCCCCCCCCCCCCCCCC=O.[MgH2]. The molecule has 0 rings (SSSR count). The van der Waals surface area contributed by atoms with Gasteiger partial charge in [-0.25, -0.2) is 0 Å². The molecule has 0 heterocycles. The zero-order valence-corrected chi connectivity index (χ0v) is 13.3. The van der Waals surface area contributed by atoms with Crippen LogP contribution >= 0.6 is 0 Å². The predicted molar refractivity (Wildman–Crippen MR) is 94.2 cm³/mol. The van der Waals surface area contributed by atoms with Gasteiger partial charge in [-0.05, 0) is 6.42 Å². The van der Waals surface area contributed by atoms with Crippen LogP contribution in [0, 0.1) is 0 Å². The van der Waals surface area contributed by atoms with E-state index in [0.29, 0.717) is 0 Å². The van der Waals surface area contributed by atoms with Gasteiger partial charge in [-0.2, -0.15) is 0 Å². The molecule has 0 N–H and O–H groups in total. The van der Waals surface area contributed by atoms with Crippen molar-refractivity contribution in [3.8, 4) is 0 Å². The van der Waals surface area contributed by atoms with E-state index in [4.69, 9.17) is 0 Å². The highest BCUT2D eigenvalue weighted by atomic mass is 24.3.